The highest BCUT2D eigenvalue weighted by atomic mass is 35.5. The standard InChI is InChI=1S/C16H19Cl2N5O.ClH/c1-2-13-21-15(16(24)20-10-6-8-19-9-7-10)22-23(13)14-11(17)4-3-5-12(14)18;/h3-5,10,19H,2,6-9H2,1H3,(H,20,24);1H. The molecule has 3 rings (SSSR count). The van der Waals surface area contributed by atoms with Gasteiger partial charge in [0.05, 0.1) is 10.0 Å². The number of carbonyl (C=O) groups excluding carboxylic acids is 1. The largest absolute Gasteiger partial charge is 0.346 e. The van der Waals surface area contributed by atoms with Gasteiger partial charge in [-0.2, -0.15) is 0 Å². The predicted molar refractivity (Wildman–Crippen MR) is 101 cm³/mol. The van der Waals surface area contributed by atoms with Gasteiger partial charge in [0.1, 0.15) is 11.5 Å². The van der Waals surface area contributed by atoms with Crippen molar-refractivity contribution in [2.45, 2.75) is 32.2 Å². The van der Waals surface area contributed by atoms with E-state index < -0.39 is 0 Å². The molecule has 1 aliphatic rings. The summed E-state index contributed by atoms with van der Waals surface area (Å²) in [5.74, 6) is 0.514. The van der Waals surface area contributed by atoms with E-state index in [4.69, 9.17) is 23.2 Å². The summed E-state index contributed by atoms with van der Waals surface area (Å²) in [5.41, 5.74) is 0.547. The van der Waals surface area contributed by atoms with Crippen molar-refractivity contribution in [3.8, 4) is 5.69 Å². The van der Waals surface area contributed by atoms with Gasteiger partial charge in [-0.15, -0.1) is 17.5 Å². The molecule has 0 bridgehead atoms. The number of nitrogens with one attached hydrogen (secondary N) is 2. The number of nitrogens with zero attached hydrogens (tertiary/aromatic N) is 3. The first kappa shape index (κ1) is 20.0. The number of hydrogen-bond donors (Lipinski definition) is 2. The number of carbonyl (C=O) groups is 1. The first-order chi connectivity index (χ1) is 11.6. The van der Waals surface area contributed by atoms with Crippen molar-refractivity contribution in [3.63, 3.8) is 0 Å². The van der Waals surface area contributed by atoms with E-state index in [1.165, 1.54) is 0 Å². The topological polar surface area (TPSA) is 71.8 Å². The molecule has 2 aromatic rings. The molecule has 25 heavy (non-hydrogen) atoms. The van der Waals surface area contributed by atoms with E-state index in [2.05, 4.69) is 20.7 Å². The quantitative estimate of drug-likeness (QED) is 0.821. The van der Waals surface area contributed by atoms with E-state index in [-0.39, 0.29) is 30.2 Å². The average molecular weight is 405 g/mol. The number of aromatic nitrogens is 3. The Kier molecular flexibility index (Phi) is 7.07. The number of piperidine rings is 1. The highest BCUT2D eigenvalue weighted by molar-refractivity contribution is 6.37. The Balaban J connectivity index is 0.00000225. The third-order valence-corrected chi connectivity index (χ3v) is 4.63. The van der Waals surface area contributed by atoms with Crippen LogP contribution in [0.5, 0.6) is 0 Å². The van der Waals surface area contributed by atoms with E-state index >= 15 is 0 Å². The maximum atomic E-state index is 12.5. The number of para-hydroxylation sites is 1. The van der Waals surface area contributed by atoms with Crippen LogP contribution in [-0.4, -0.2) is 39.8 Å². The highest BCUT2D eigenvalue weighted by Crippen LogP contribution is 2.28. The Bertz CT molecular complexity index is 723. The van der Waals surface area contributed by atoms with Crippen LogP contribution in [0.25, 0.3) is 5.69 Å². The highest BCUT2D eigenvalue weighted by Gasteiger charge is 2.22. The van der Waals surface area contributed by atoms with Crippen molar-refractivity contribution in [3.05, 3.63) is 39.9 Å². The van der Waals surface area contributed by atoms with Crippen LogP contribution in [-0.2, 0) is 6.42 Å². The normalized spacial score (nSPS) is 14.8. The number of amides is 1. The van der Waals surface area contributed by atoms with Gasteiger partial charge in [0.2, 0.25) is 5.82 Å². The minimum absolute atomic E-state index is 0. The molecular weight excluding hydrogens is 385 g/mol. The molecule has 0 radical (unpaired) electrons. The molecule has 1 amide bonds. The summed E-state index contributed by atoms with van der Waals surface area (Å²) in [6.45, 7) is 3.75. The molecule has 0 saturated carbocycles. The van der Waals surface area contributed by atoms with Crippen molar-refractivity contribution in [1.29, 1.82) is 0 Å². The maximum Gasteiger partial charge on any atom is 0.291 e. The summed E-state index contributed by atoms with van der Waals surface area (Å²) in [4.78, 5) is 16.8. The fourth-order valence-corrected chi connectivity index (χ4v) is 3.31. The minimum Gasteiger partial charge on any atom is -0.346 e. The molecule has 6 nitrogen and oxygen atoms in total. The second-order valence-corrected chi connectivity index (χ2v) is 6.50. The van der Waals surface area contributed by atoms with E-state index in [1.54, 1.807) is 22.9 Å². The molecule has 1 aliphatic heterocycles. The zero-order chi connectivity index (χ0) is 17.1. The van der Waals surface area contributed by atoms with Crippen LogP contribution >= 0.6 is 35.6 Å². The van der Waals surface area contributed by atoms with Gasteiger partial charge in [-0.3, -0.25) is 4.79 Å². The fraction of sp³-hybridized carbons (Fsp3) is 0.438. The molecule has 1 aromatic carbocycles. The van der Waals surface area contributed by atoms with E-state index in [1.807, 2.05) is 6.92 Å². The summed E-state index contributed by atoms with van der Waals surface area (Å²) < 4.78 is 1.56. The van der Waals surface area contributed by atoms with Crippen LogP contribution in [0, 0.1) is 0 Å². The fourth-order valence-electron chi connectivity index (χ4n) is 2.76. The summed E-state index contributed by atoms with van der Waals surface area (Å²) >= 11 is 12.5. The first-order valence-electron chi connectivity index (χ1n) is 8.02. The van der Waals surface area contributed by atoms with Crippen LogP contribution in [0.3, 0.4) is 0 Å². The van der Waals surface area contributed by atoms with Gasteiger partial charge >= 0.3 is 0 Å². The Morgan fingerprint density at radius 2 is 1.96 bits per heavy atom. The lowest BCUT2D eigenvalue weighted by Gasteiger charge is -2.22. The number of rotatable bonds is 4. The zero-order valence-corrected chi connectivity index (χ0v) is 16.1. The Hall–Kier alpha value is -1.34. The van der Waals surface area contributed by atoms with Crippen molar-refractivity contribution in [1.82, 2.24) is 25.4 Å². The minimum atomic E-state index is -0.265. The van der Waals surface area contributed by atoms with Crippen LogP contribution < -0.4 is 10.6 Å². The molecule has 2 heterocycles. The van der Waals surface area contributed by atoms with Crippen LogP contribution in [0.4, 0.5) is 0 Å². The number of aryl methyl sites for hydroxylation is 1. The molecule has 9 heteroatoms. The van der Waals surface area contributed by atoms with E-state index in [9.17, 15) is 4.79 Å². The molecular formula is C16H20Cl3N5O. The summed E-state index contributed by atoms with van der Waals surface area (Å²) in [6.07, 6.45) is 2.42. The van der Waals surface area contributed by atoms with Crippen molar-refractivity contribution in [2.24, 2.45) is 0 Å². The summed E-state index contributed by atoms with van der Waals surface area (Å²) in [7, 11) is 0. The SMILES string of the molecule is CCc1nc(C(=O)NC2CCNCC2)nn1-c1c(Cl)cccc1Cl.Cl. The van der Waals surface area contributed by atoms with Gasteiger partial charge in [-0.1, -0.05) is 36.2 Å². The summed E-state index contributed by atoms with van der Waals surface area (Å²) in [5, 5.41) is 11.5. The summed E-state index contributed by atoms with van der Waals surface area (Å²) in [6, 6.07) is 5.39. The molecule has 2 N–H and O–H groups in total. The van der Waals surface area contributed by atoms with Gasteiger partial charge in [-0.05, 0) is 38.1 Å². The monoisotopic (exact) mass is 403 g/mol. The lowest BCUT2D eigenvalue weighted by Crippen LogP contribution is -2.43. The second kappa shape index (κ2) is 8.85. The van der Waals surface area contributed by atoms with Crippen LogP contribution in [0.1, 0.15) is 36.2 Å². The third-order valence-electron chi connectivity index (χ3n) is 4.02. The Morgan fingerprint density at radius 3 is 2.56 bits per heavy atom. The Morgan fingerprint density at radius 1 is 1.32 bits per heavy atom. The predicted octanol–water partition coefficient (Wildman–Crippen LogP) is 3.04. The van der Waals surface area contributed by atoms with E-state index in [0.29, 0.717) is 28.0 Å². The number of halogens is 3. The number of benzene rings is 1. The van der Waals surface area contributed by atoms with Gasteiger partial charge in [0, 0.05) is 12.5 Å². The average Bonchev–Trinajstić information content (AvgIpc) is 3.00. The zero-order valence-electron chi connectivity index (χ0n) is 13.8. The van der Waals surface area contributed by atoms with Crippen molar-refractivity contribution in [2.75, 3.05) is 13.1 Å². The molecule has 136 valence electrons. The molecule has 0 unspecified atom stereocenters. The maximum absolute atomic E-state index is 12.5. The van der Waals surface area contributed by atoms with Gasteiger partial charge in [-0.25, -0.2) is 9.67 Å². The smallest absolute Gasteiger partial charge is 0.291 e. The molecule has 1 fully saturated rings. The van der Waals surface area contributed by atoms with Gasteiger partial charge < -0.3 is 10.6 Å². The third kappa shape index (κ3) is 4.44. The molecule has 0 aliphatic carbocycles. The Labute approximate surface area is 162 Å². The van der Waals surface area contributed by atoms with Gasteiger partial charge in [0.25, 0.3) is 5.91 Å². The van der Waals surface area contributed by atoms with Crippen molar-refractivity contribution >= 4 is 41.5 Å². The molecule has 0 atom stereocenters. The van der Waals surface area contributed by atoms with Crippen molar-refractivity contribution < 1.29 is 4.79 Å². The lowest BCUT2D eigenvalue weighted by atomic mass is 10.1. The lowest BCUT2D eigenvalue weighted by molar-refractivity contribution is 0.0919. The second-order valence-electron chi connectivity index (χ2n) is 5.68. The molecule has 1 aromatic heterocycles. The molecule has 1 saturated heterocycles. The van der Waals surface area contributed by atoms with Gasteiger partial charge in [0.15, 0.2) is 0 Å². The van der Waals surface area contributed by atoms with Crippen LogP contribution in [0.2, 0.25) is 10.0 Å². The molecule has 0 spiro atoms. The first-order valence-corrected chi connectivity index (χ1v) is 8.77. The number of hydrogen-bond acceptors (Lipinski definition) is 4. The van der Waals surface area contributed by atoms with E-state index in [0.717, 1.165) is 25.9 Å². The van der Waals surface area contributed by atoms with Crippen LogP contribution in [0.15, 0.2) is 18.2 Å².